The summed E-state index contributed by atoms with van der Waals surface area (Å²) in [6, 6.07) is 0. The van der Waals surface area contributed by atoms with Gasteiger partial charge in [-0.05, 0) is 0 Å². The molecule has 10 heavy (non-hydrogen) atoms. The van der Waals surface area contributed by atoms with Gasteiger partial charge in [0, 0.05) is 0 Å². The summed E-state index contributed by atoms with van der Waals surface area (Å²) in [5, 5.41) is 0. The van der Waals surface area contributed by atoms with Crippen LogP contribution in [-0.4, -0.2) is 28.2 Å². The van der Waals surface area contributed by atoms with Gasteiger partial charge < -0.3 is 0 Å². The molecule has 0 aliphatic carbocycles. The molecule has 0 N–H and O–H groups in total. The van der Waals surface area contributed by atoms with E-state index in [2.05, 4.69) is 27.7 Å². The fourth-order valence-corrected chi connectivity index (χ4v) is 12.0. The molecule has 0 radical (unpaired) electrons. The first-order valence-corrected chi connectivity index (χ1v) is 14.2. The Morgan fingerprint density at radius 1 is 0.900 bits per heavy atom. The van der Waals surface area contributed by atoms with Gasteiger partial charge in [0.05, 0.1) is 0 Å². The van der Waals surface area contributed by atoms with Gasteiger partial charge in [0.25, 0.3) is 0 Å². The Morgan fingerprint density at radius 3 is 1.40 bits per heavy atom. The average molecular weight is 339 g/mol. The van der Waals surface area contributed by atoms with Crippen LogP contribution in [0.4, 0.5) is 0 Å². The SMILES string of the molecule is CC[O][Pb]([CH2]C)([CH2]C)[CH2]C. The van der Waals surface area contributed by atoms with Crippen molar-refractivity contribution in [2.24, 2.45) is 0 Å². The van der Waals surface area contributed by atoms with Gasteiger partial charge in [-0.3, -0.25) is 0 Å². The van der Waals surface area contributed by atoms with Crippen molar-refractivity contribution in [1.82, 2.24) is 0 Å². The van der Waals surface area contributed by atoms with Crippen LogP contribution in [0.1, 0.15) is 27.7 Å². The Labute approximate surface area is 70.5 Å². The molecule has 0 rings (SSSR count). The van der Waals surface area contributed by atoms with Gasteiger partial charge in [0.1, 0.15) is 0 Å². The van der Waals surface area contributed by atoms with Crippen molar-refractivity contribution >= 4 is 21.6 Å². The summed E-state index contributed by atoms with van der Waals surface area (Å²) < 4.78 is 9.96. The third-order valence-corrected chi connectivity index (χ3v) is 20.9. The molecule has 0 amide bonds. The molecule has 0 saturated carbocycles. The summed E-state index contributed by atoms with van der Waals surface area (Å²) in [4.78, 5) is 0. The fourth-order valence-electron chi connectivity index (χ4n) is 1.36. The van der Waals surface area contributed by atoms with E-state index in [0.29, 0.717) is 0 Å². The number of rotatable bonds is 5. The molecule has 0 aliphatic rings. The van der Waals surface area contributed by atoms with Crippen LogP contribution < -0.4 is 0 Å². The molecule has 2 heteroatoms. The van der Waals surface area contributed by atoms with E-state index in [1.54, 1.807) is 0 Å². The van der Waals surface area contributed by atoms with E-state index in [4.69, 9.17) is 2.69 Å². The van der Waals surface area contributed by atoms with Gasteiger partial charge >= 0.3 is 70.6 Å². The molecule has 0 spiro atoms. The van der Waals surface area contributed by atoms with E-state index in [1.165, 1.54) is 11.9 Å². The molecule has 1 nitrogen and oxygen atoms in total. The van der Waals surface area contributed by atoms with Gasteiger partial charge in [-0.25, -0.2) is 0 Å². The van der Waals surface area contributed by atoms with Gasteiger partial charge in [-0.1, -0.05) is 0 Å². The van der Waals surface area contributed by atoms with Crippen molar-refractivity contribution in [3.63, 3.8) is 0 Å². The van der Waals surface area contributed by atoms with Crippen LogP contribution in [-0.2, 0) is 2.69 Å². The van der Waals surface area contributed by atoms with Gasteiger partial charge in [0.15, 0.2) is 0 Å². The monoisotopic (exact) mass is 340 g/mol. The molecule has 0 fully saturated rings. The maximum absolute atomic E-state index is 5.90. The Kier molecular flexibility index (Phi) is 6.01. The first kappa shape index (κ1) is 10.9. The normalized spacial score (nSPS) is 12.0. The summed E-state index contributed by atoms with van der Waals surface area (Å²) >= 11 is -2.05. The van der Waals surface area contributed by atoms with Crippen molar-refractivity contribution in [3.8, 4) is 0 Å². The molecule has 0 unspecified atom stereocenters. The zero-order valence-corrected chi connectivity index (χ0v) is 11.6. The molecule has 0 aromatic rings. The third kappa shape index (κ3) is 2.86. The first-order chi connectivity index (χ1) is 4.74. The Balaban J connectivity index is 3.87. The summed E-state index contributed by atoms with van der Waals surface area (Å²) in [6.45, 7) is 9.95. The predicted octanol–water partition coefficient (Wildman–Crippen LogP) is 3.03. The summed E-state index contributed by atoms with van der Waals surface area (Å²) in [6.07, 6.45) is 0. The van der Waals surface area contributed by atoms with Crippen molar-refractivity contribution in [1.29, 1.82) is 0 Å². The molecule has 0 aromatic heterocycles. The molecular weight excluding hydrogens is 319 g/mol. The number of hydrogen-bond acceptors (Lipinski definition) is 1. The Bertz CT molecular complexity index is 71.1. The van der Waals surface area contributed by atoms with Crippen LogP contribution in [0, 0.1) is 0 Å². The Morgan fingerprint density at radius 2 is 1.30 bits per heavy atom. The fraction of sp³-hybridized carbons (Fsp3) is 1.00. The van der Waals surface area contributed by atoms with E-state index in [1.807, 2.05) is 0 Å². The number of hydrogen-bond donors (Lipinski definition) is 0. The minimum atomic E-state index is -2.05. The van der Waals surface area contributed by atoms with Gasteiger partial charge in [-0.2, -0.15) is 0 Å². The van der Waals surface area contributed by atoms with Crippen LogP contribution in [0.5, 0.6) is 0 Å². The summed E-state index contributed by atoms with van der Waals surface area (Å²) in [7, 11) is 0. The molecular formula is C8H20OPb. The Hall–Kier alpha value is 0.882. The van der Waals surface area contributed by atoms with Gasteiger partial charge in [-0.15, -0.1) is 0 Å². The van der Waals surface area contributed by atoms with E-state index in [9.17, 15) is 0 Å². The van der Waals surface area contributed by atoms with Crippen LogP contribution >= 0.6 is 0 Å². The van der Waals surface area contributed by atoms with Crippen molar-refractivity contribution in [2.75, 3.05) is 6.61 Å². The summed E-state index contributed by atoms with van der Waals surface area (Å²) in [5.74, 6) is 0. The van der Waals surface area contributed by atoms with Crippen LogP contribution in [0.15, 0.2) is 0 Å². The molecule has 0 atom stereocenters. The van der Waals surface area contributed by atoms with E-state index in [-0.39, 0.29) is 0 Å². The van der Waals surface area contributed by atoms with Crippen molar-refractivity contribution < 1.29 is 2.69 Å². The maximum atomic E-state index is 5.90. The second-order valence-electron chi connectivity index (χ2n) is 2.68. The first-order valence-electron chi connectivity index (χ1n) is 4.38. The van der Waals surface area contributed by atoms with E-state index >= 15 is 0 Å². The third-order valence-electron chi connectivity index (χ3n) is 2.38. The van der Waals surface area contributed by atoms with E-state index < -0.39 is 21.6 Å². The molecule has 0 saturated heterocycles. The molecule has 0 bridgehead atoms. The second kappa shape index (κ2) is 5.52. The minimum absolute atomic E-state index is 0.942. The van der Waals surface area contributed by atoms with Gasteiger partial charge in [0.2, 0.25) is 0 Å². The van der Waals surface area contributed by atoms with Crippen LogP contribution in [0.2, 0.25) is 11.9 Å². The zero-order chi connectivity index (χ0) is 8.04. The second-order valence-corrected chi connectivity index (χ2v) is 21.2. The zero-order valence-electron chi connectivity index (χ0n) is 7.74. The van der Waals surface area contributed by atoms with Crippen LogP contribution in [0.3, 0.4) is 0 Å². The summed E-state index contributed by atoms with van der Waals surface area (Å²) in [5.41, 5.74) is 0. The van der Waals surface area contributed by atoms with Crippen LogP contribution in [0.25, 0.3) is 0 Å². The average Bonchev–Trinajstić information content (AvgIpc) is 2.01. The molecule has 0 aliphatic heterocycles. The topological polar surface area (TPSA) is 9.23 Å². The standard InChI is InChI=1S/C2H5O.3C2H5.Pb/c1-2-3;3*1-2;/h2H2,1H3;3*1H2,2H3;/q-1;;;;+1. The molecule has 0 aromatic carbocycles. The quantitative estimate of drug-likeness (QED) is 0.700. The van der Waals surface area contributed by atoms with Crippen molar-refractivity contribution in [2.45, 2.75) is 39.6 Å². The molecule has 62 valence electrons. The molecule has 0 heterocycles. The van der Waals surface area contributed by atoms with Crippen molar-refractivity contribution in [3.05, 3.63) is 0 Å². The predicted molar refractivity (Wildman–Crippen MR) is 48.8 cm³/mol. The van der Waals surface area contributed by atoms with E-state index in [0.717, 1.165) is 6.61 Å².